The molecule has 0 radical (unpaired) electrons. The number of esters is 2. The smallest absolute Gasteiger partial charge is 0.338 e. The second kappa shape index (κ2) is 7.57. The lowest BCUT2D eigenvalue weighted by atomic mass is 10.0. The highest BCUT2D eigenvalue weighted by Crippen LogP contribution is 2.37. The summed E-state index contributed by atoms with van der Waals surface area (Å²) in [6.45, 7) is 10.2. The van der Waals surface area contributed by atoms with Crippen molar-refractivity contribution < 1.29 is 19.1 Å². The third-order valence-electron chi connectivity index (χ3n) is 3.52. The number of hydrogen-bond acceptors (Lipinski definition) is 6. The second-order valence-electron chi connectivity index (χ2n) is 5.80. The van der Waals surface area contributed by atoms with Gasteiger partial charge in [0.1, 0.15) is 5.75 Å². The molecule has 2 rings (SSSR count). The molecule has 0 spiro atoms. The zero-order valence-corrected chi connectivity index (χ0v) is 14.7. The number of nitrogens with two attached hydrogens (primary N) is 2. The molecule has 0 heterocycles. The van der Waals surface area contributed by atoms with Crippen molar-refractivity contribution in [2.24, 2.45) is 0 Å². The van der Waals surface area contributed by atoms with E-state index in [0.29, 0.717) is 16.9 Å². The maximum atomic E-state index is 11.6. The number of anilines is 2. The fourth-order valence-electron chi connectivity index (χ4n) is 2.04. The number of benzene rings is 2. The lowest BCUT2D eigenvalue weighted by Crippen LogP contribution is -2.10. The lowest BCUT2D eigenvalue weighted by Gasteiger charge is -2.13. The number of carbonyl (C=O) groups is 2. The Bertz CT molecular complexity index is 899. The second-order valence-corrected chi connectivity index (χ2v) is 5.80. The van der Waals surface area contributed by atoms with Crippen LogP contribution in [0.25, 0.3) is 11.1 Å². The van der Waals surface area contributed by atoms with E-state index in [-0.39, 0.29) is 22.7 Å². The summed E-state index contributed by atoms with van der Waals surface area (Å²) in [5, 5.41) is 0. The highest BCUT2D eigenvalue weighted by molar-refractivity contribution is 5.93. The Morgan fingerprint density at radius 2 is 1.35 bits per heavy atom. The van der Waals surface area contributed by atoms with E-state index in [9.17, 15) is 9.59 Å². The standard InChI is InChI=1S/C20H20N2O4/c1-11(2)19(23)25-14-7-5-13(6-8-14)15-9-10-16(18(22)17(15)21)26-20(24)12(3)4/h5-10H,1,3,21-22H2,2,4H3. The molecule has 134 valence electrons. The molecule has 6 heteroatoms. The topological polar surface area (TPSA) is 105 Å². The fourth-order valence-corrected chi connectivity index (χ4v) is 2.04. The van der Waals surface area contributed by atoms with Crippen molar-refractivity contribution in [2.75, 3.05) is 11.5 Å². The van der Waals surface area contributed by atoms with Gasteiger partial charge < -0.3 is 20.9 Å². The van der Waals surface area contributed by atoms with Crippen LogP contribution in [-0.4, -0.2) is 11.9 Å². The summed E-state index contributed by atoms with van der Waals surface area (Å²) in [7, 11) is 0. The Morgan fingerprint density at radius 1 is 0.808 bits per heavy atom. The van der Waals surface area contributed by atoms with E-state index in [0.717, 1.165) is 5.56 Å². The van der Waals surface area contributed by atoms with Crippen molar-refractivity contribution in [3.05, 3.63) is 60.7 Å². The zero-order chi connectivity index (χ0) is 19.4. The normalized spacial score (nSPS) is 10.1. The van der Waals surface area contributed by atoms with Crippen molar-refractivity contribution in [1.29, 1.82) is 0 Å². The Hall–Kier alpha value is -3.54. The summed E-state index contributed by atoms with van der Waals surface area (Å²) in [4.78, 5) is 23.2. The number of hydrogen-bond donors (Lipinski definition) is 2. The van der Waals surface area contributed by atoms with Crippen LogP contribution in [0.15, 0.2) is 60.7 Å². The first-order valence-corrected chi connectivity index (χ1v) is 7.74. The first-order chi connectivity index (χ1) is 12.2. The van der Waals surface area contributed by atoms with Crippen LogP contribution in [-0.2, 0) is 9.59 Å². The Morgan fingerprint density at radius 3 is 1.88 bits per heavy atom. The van der Waals surface area contributed by atoms with E-state index in [1.807, 2.05) is 0 Å². The van der Waals surface area contributed by atoms with Gasteiger partial charge >= 0.3 is 11.9 Å². The molecule has 2 aromatic carbocycles. The van der Waals surface area contributed by atoms with Crippen LogP contribution >= 0.6 is 0 Å². The molecule has 0 amide bonds. The highest BCUT2D eigenvalue weighted by atomic mass is 16.5. The Labute approximate surface area is 151 Å². The van der Waals surface area contributed by atoms with Crippen molar-refractivity contribution in [2.45, 2.75) is 13.8 Å². The molecule has 0 saturated carbocycles. The van der Waals surface area contributed by atoms with Crippen LogP contribution in [0.2, 0.25) is 0 Å². The molecule has 0 bridgehead atoms. The van der Waals surface area contributed by atoms with Gasteiger partial charge in [-0.2, -0.15) is 0 Å². The zero-order valence-electron chi connectivity index (χ0n) is 14.7. The maximum absolute atomic E-state index is 11.6. The molecule has 0 fully saturated rings. The number of ether oxygens (including phenoxy) is 2. The highest BCUT2D eigenvalue weighted by Gasteiger charge is 2.14. The van der Waals surface area contributed by atoms with Gasteiger partial charge in [0, 0.05) is 16.7 Å². The quantitative estimate of drug-likeness (QED) is 0.369. The molecule has 0 aliphatic carbocycles. The van der Waals surface area contributed by atoms with Gasteiger partial charge in [0.05, 0.1) is 11.4 Å². The van der Waals surface area contributed by atoms with E-state index in [1.165, 1.54) is 0 Å². The molecule has 6 nitrogen and oxygen atoms in total. The van der Waals surface area contributed by atoms with Crippen LogP contribution in [0.3, 0.4) is 0 Å². The van der Waals surface area contributed by atoms with Gasteiger partial charge in [-0.05, 0) is 43.7 Å². The summed E-state index contributed by atoms with van der Waals surface area (Å²) < 4.78 is 10.3. The average Bonchev–Trinajstić information content (AvgIpc) is 2.59. The minimum Gasteiger partial charge on any atom is -0.423 e. The van der Waals surface area contributed by atoms with E-state index < -0.39 is 11.9 Å². The van der Waals surface area contributed by atoms with Gasteiger partial charge in [-0.3, -0.25) is 0 Å². The van der Waals surface area contributed by atoms with Gasteiger partial charge in [-0.25, -0.2) is 9.59 Å². The SMILES string of the molecule is C=C(C)C(=O)Oc1ccc(-c2ccc(OC(=O)C(=C)C)c(N)c2N)cc1. The maximum Gasteiger partial charge on any atom is 0.338 e. The van der Waals surface area contributed by atoms with E-state index in [2.05, 4.69) is 13.2 Å². The van der Waals surface area contributed by atoms with Crippen LogP contribution in [0.5, 0.6) is 11.5 Å². The fraction of sp³-hybridized carbons (Fsp3) is 0.100. The molecule has 0 saturated heterocycles. The van der Waals surface area contributed by atoms with Gasteiger partial charge in [0.25, 0.3) is 0 Å². The molecule has 2 aromatic rings. The van der Waals surface area contributed by atoms with Crippen molar-refractivity contribution >= 4 is 23.3 Å². The van der Waals surface area contributed by atoms with E-state index in [1.54, 1.807) is 50.2 Å². The van der Waals surface area contributed by atoms with E-state index >= 15 is 0 Å². The van der Waals surface area contributed by atoms with Crippen LogP contribution in [0, 0.1) is 0 Å². The molecule has 0 atom stereocenters. The van der Waals surface area contributed by atoms with Crippen molar-refractivity contribution in [3.8, 4) is 22.6 Å². The molecule has 26 heavy (non-hydrogen) atoms. The number of rotatable bonds is 5. The molecule has 4 N–H and O–H groups in total. The molecule has 0 aromatic heterocycles. The molecular formula is C20H20N2O4. The third-order valence-corrected chi connectivity index (χ3v) is 3.52. The van der Waals surface area contributed by atoms with Crippen molar-refractivity contribution in [3.63, 3.8) is 0 Å². The van der Waals surface area contributed by atoms with Gasteiger partial charge in [-0.1, -0.05) is 25.3 Å². The minimum atomic E-state index is -0.576. The number of carbonyl (C=O) groups excluding carboxylic acids is 2. The first kappa shape index (κ1) is 18.8. The summed E-state index contributed by atoms with van der Waals surface area (Å²) in [5.74, 6) is -0.510. The predicted molar refractivity (Wildman–Crippen MR) is 102 cm³/mol. The third kappa shape index (κ3) is 4.10. The summed E-state index contributed by atoms with van der Waals surface area (Å²) >= 11 is 0. The van der Waals surface area contributed by atoms with Gasteiger partial charge in [0.2, 0.25) is 0 Å². The molecular weight excluding hydrogens is 332 g/mol. The van der Waals surface area contributed by atoms with Gasteiger partial charge in [0.15, 0.2) is 5.75 Å². The molecule has 0 aliphatic rings. The van der Waals surface area contributed by atoms with Crippen molar-refractivity contribution in [1.82, 2.24) is 0 Å². The average molecular weight is 352 g/mol. The van der Waals surface area contributed by atoms with Crippen LogP contribution < -0.4 is 20.9 Å². The lowest BCUT2D eigenvalue weighted by molar-refractivity contribution is -0.130. The minimum absolute atomic E-state index is 0.162. The number of nitrogen functional groups attached to an aromatic ring is 2. The first-order valence-electron chi connectivity index (χ1n) is 7.74. The van der Waals surface area contributed by atoms with Crippen LogP contribution in [0.4, 0.5) is 11.4 Å². The van der Waals surface area contributed by atoms with Crippen LogP contribution in [0.1, 0.15) is 13.8 Å². The monoisotopic (exact) mass is 352 g/mol. The predicted octanol–water partition coefficient (Wildman–Crippen LogP) is 3.48. The summed E-state index contributed by atoms with van der Waals surface area (Å²) in [6.07, 6.45) is 0. The Kier molecular flexibility index (Phi) is 5.47. The van der Waals surface area contributed by atoms with E-state index in [4.69, 9.17) is 20.9 Å². The Balaban J connectivity index is 2.27. The summed E-state index contributed by atoms with van der Waals surface area (Å²) in [5.41, 5.74) is 14.5. The largest absolute Gasteiger partial charge is 0.423 e. The van der Waals surface area contributed by atoms with Gasteiger partial charge in [-0.15, -0.1) is 0 Å². The molecule has 0 unspecified atom stereocenters. The molecule has 0 aliphatic heterocycles. The summed E-state index contributed by atoms with van der Waals surface area (Å²) in [6, 6.07) is 10.0.